The first-order valence-electron chi connectivity index (χ1n) is 18.3. The fraction of sp³-hybridized carbons (Fsp3) is 0. The van der Waals surface area contributed by atoms with Crippen LogP contribution in [-0.4, -0.2) is 13.7 Å². The molecule has 0 bridgehead atoms. The van der Waals surface area contributed by atoms with Gasteiger partial charge in [0.15, 0.2) is 0 Å². The van der Waals surface area contributed by atoms with Crippen molar-refractivity contribution in [3.63, 3.8) is 0 Å². The largest absolute Gasteiger partial charge is 0.309 e. The van der Waals surface area contributed by atoms with Gasteiger partial charge in [-0.2, -0.15) is 0 Å². The Morgan fingerprint density at radius 1 is 0.226 bits per heavy atom. The summed E-state index contributed by atoms with van der Waals surface area (Å²) in [5.41, 5.74) is 10.8. The van der Waals surface area contributed by atoms with Crippen molar-refractivity contribution in [2.24, 2.45) is 0 Å². The standard InChI is InChI=1S/C50H31N3/c1-2-13-32(14-3-1)51-47-24-11-7-20-43(47)49-40-26-28-41-36(35(40)29-30-48(49)51)25-27-42-39-19-6-10-23-46(39)53(50(41)42)34-16-12-15-33(31-34)52-44-21-8-4-17-37(44)38-18-5-9-22-45(38)52/h1-31H. The highest BCUT2D eigenvalue weighted by Gasteiger charge is 2.20. The highest BCUT2D eigenvalue weighted by Crippen LogP contribution is 2.43. The second-order valence-corrected chi connectivity index (χ2v) is 14.1. The molecule has 0 radical (unpaired) electrons. The fourth-order valence-electron chi connectivity index (χ4n) is 9.24. The Hall–Kier alpha value is -7.10. The first-order valence-corrected chi connectivity index (χ1v) is 18.3. The summed E-state index contributed by atoms with van der Waals surface area (Å²) in [6.07, 6.45) is 0. The van der Waals surface area contributed by atoms with Gasteiger partial charge in [-0.25, -0.2) is 0 Å². The molecule has 0 saturated carbocycles. The third kappa shape index (κ3) is 3.88. The molecular formula is C50H31N3. The number of fused-ring (bicyclic) bond motifs is 14. The minimum atomic E-state index is 1.14. The molecule has 12 rings (SSSR count). The molecule has 0 fully saturated rings. The van der Waals surface area contributed by atoms with Crippen LogP contribution in [0.5, 0.6) is 0 Å². The molecule has 0 spiro atoms. The van der Waals surface area contributed by atoms with Crippen LogP contribution in [0.15, 0.2) is 188 Å². The molecule has 53 heavy (non-hydrogen) atoms. The molecule has 246 valence electrons. The second-order valence-electron chi connectivity index (χ2n) is 14.1. The Labute approximate surface area is 304 Å². The maximum atomic E-state index is 2.48. The molecule has 3 nitrogen and oxygen atoms in total. The number of hydrogen-bond donors (Lipinski definition) is 0. The van der Waals surface area contributed by atoms with Gasteiger partial charge in [0.1, 0.15) is 0 Å². The van der Waals surface area contributed by atoms with Crippen molar-refractivity contribution in [3.8, 4) is 17.1 Å². The predicted molar refractivity (Wildman–Crippen MR) is 224 cm³/mol. The van der Waals surface area contributed by atoms with E-state index in [-0.39, 0.29) is 0 Å². The van der Waals surface area contributed by atoms with Gasteiger partial charge >= 0.3 is 0 Å². The number of nitrogens with zero attached hydrogens (tertiary/aromatic N) is 3. The molecule has 0 amide bonds. The zero-order valence-electron chi connectivity index (χ0n) is 28.7. The summed E-state index contributed by atoms with van der Waals surface area (Å²) in [5, 5.41) is 12.7. The van der Waals surface area contributed by atoms with Gasteiger partial charge in [0.05, 0.1) is 33.1 Å². The molecule has 0 aliphatic carbocycles. The molecule has 0 saturated heterocycles. The smallest absolute Gasteiger partial charge is 0.0619 e. The van der Waals surface area contributed by atoms with Crippen LogP contribution in [0.2, 0.25) is 0 Å². The van der Waals surface area contributed by atoms with Gasteiger partial charge in [-0.05, 0) is 76.8 Å². The van der Waals surface area contributed by atoms with E-state index in [4.69, 9.17) is 0 Å². The first-order chi connectivity index (χ1) is 26.3. The van der Waals surface area contributed by atoms with E-state index < -0.39 is 0 Å². The number of benzene rings is 9. The number of hydrogen-bond acceptors (Lipinski definition) is 0. The highest BCUT2D eigenvalue weighted by atomic mass is 15.0. The lowest BCUT2D eigenvalue weighted by molar-refractivity contribution is 1.14. The zero-order valence-corrected chi connectivity index (χ0v) is 28.7. The molecule has 3 heterocycles. The minimum Gasteiger partial charge on any atom is -0.309 e. The summed E-state index contributed by atoms with van der Waals surface area (Å²) in [6, 6.07) is 68.9. The fourth-order valence-corrected chi connectivity index (χ4v) is 9.24. The molecule has 3 heteroatoms. The van der Waals surface area contributed by atoms with Gasteiger partial charge < -0.3 is 13.7 Å². The lowest BCUT2D eigenvalue weighted by atomic mass is 9.96. The molecule has 0 N–H and O–H groups in total. The lowest BCUT2D eigenvalue weighted by Crippen LogP contribution is -1.99. The SMILES string of the molecule is c1ccc(-n2c3ccccc3c3c4ccc5c(ccc6c7ccccc7n(-c7cccc(-n8c9ccccc9c9ccccc98)c7)c56)c4ccc32)cc1. The van der Waals surface area contributed by atoms with Gasteiger partial charge in [0.2, 0.25) is 0 Å². The average Bonchev–Trinajstić information content (AvgIpc) is 3.87. The molecule has 0 aliphatic rings. The van der Waals surface area contributed by atoms with E-state index in [2.05, 4.69) is 202 Å². The van der Waals surface area contributed by atoms with Crippen molar-refractivity contribution in [1.29, 1.82) is 0 Å². The third-order valence-electron chi connectivity index (χ3n) is 11.4. The highest BCUT2D eigenvalue weighted by molar-refractivity contribution is 6.29. The van der Waals surface area contributed by atoms with E-state index >= 15 is 0 Å². The van der Waals surface area contributed by atoms with Crippen LogP contribution >= 0.6 is 0 Å². The van der Waals surface area contributed by atoms with Crippen LogP contribution in [0.4, 0.5) is 0 Å². The van der Waals surface area contributed by atoms with E-state index in [0.717, 1.165) is 11.4 Å². The van der Waals surface area contributed by atoms with Gasteiger partial charge in [0, 0.05) is 54.8 Å². The number of para-hydroxylation sites is 5. The molecule has 0 unspecified atom stereocenters. The molecule has 12 aromatic rings. The van der Waals surface area contributed by atoms with Crippen molar-refractivity contribution in [3.05, 3.63) is 188 Å². The summed E-state index contributed by atoms with van der Waals surface area (Å²) < 4.78 is 7.29. The zero-order chi connectivity index (χ0) is 34.6. The van der Waals surface area contributed by atoms with Crippen LogP contribution in [0, 0.1) is 0 Å². The number of rotatable bonds is 3. The maximum Gasteiger partial charge on any atom is 0.0619 e. The maximum absolute atomic E-state index is 2.48. The van der Waals surface area contributed by atoms with Crippen LogP contribution in [-0.2, 0) is 0 Å². The van der Waals surface area contributed by atoms with E-state index in [1.54, 1.807) is 0 Å². The van der Waals surface area contributed by atoms with E-state index in [9.17, 15) is 0 Å². The van der Waals surface area contributed by atoms with Gasteiger partial charge in [-0.3, -0.25) is 0 Å². The Kier molecular flexibility index (Phi) is 5.77. The van der Waals surface area contributed by atoms with Crippen molar-refractivity contribution in [1.82, 2.24) is 13.7 Å². The normalized spacial score (nSPS) is 12.2. The molecular weight excluding hydrogens is 643 g/mol. The average molecular weight is 674 g/mol. The summed E-state index contributed by atoms with van der Waals surface area (Å²) in [4.78, 5) is 0. The molecule has 9 aromatic carbocycles. The summed E-state index contributed by atoms with van der Waals surface area (Å²) in [6.45, 7) is 0. The Morgan fingerprint density at radius 3 is 1.32 bits per heavy atom. The topological polar surface area (TPSA) is 14.8 Å². The Bertz CT molecular complexity index is 3400. The van der Waals surface area contributed by atoms with Gasteiger partial charge in [-0.15, -0.1) is 0 Å². The van der Waals surface area contributed by atoms with Crippen LogP contribution in [0.25, 0.3) is 104 Å². The third-order valence-corrected chi connectivity index (χ3v) is 11.4. The monoisotopic (exact) mass is 673 g/mol. The quantitative estimate of drug-likeness (QED) is 0.166. The predicted octanol–water partition coefficient (Wildman–Crippen LogP) is 13.3. The molecule has 0 aliphatic heterocycles. The van der Waals surface area contributed by atoms with Crippen molar-refractivity contribution >= 4 is 87.0 Å². The first kappa shape index (κ1) is 28.6. The Morgan fingerprint density at radius 2 is 0.642 bits per heavy atom. The molecule has 3 aromatic heterocycles. The molecule has 0 atom stereocenters. The summed E-state index contributed by atoms with van der Waals surface area (Å²) >= 11 is 0. The lowest BCUT2D eigenvalue weighted by Gasteiger charge is -2.14. The number of aromatic nitrogens is 3. The van der Waals surface area contributed by atoms with E-state index in [1.807, 2.05) is 0 Å². The van der Waals surface area contributed by atoms with Crippen LogP contribution < -0.4 is 0 Å². The van der Waals surface area contributed by atoms with Crippen molar-refractivity contribution in [2.45, 2.75) is 0 Å². The minimum absolute atomic E-state index is 1.14. The van der Waals surface area contributed by atoms with Gasteiger partial charge in [-0.1, -0.05) is 127 Å². The van der Waals surface area contributed by atoms with E-state index in [1.165, 1.54) is 92.6 Å². The second kappa shape index (κ2) is 10.7. The van der Waals surface area contributed by atoms with Crippen molar-refractivity contribution in [2.75, 3.05) is 0 Å². The van der Waals surface area contributed by atoms with E-state index in [0.29, 0.717) is 0 Å². The summed E-state index contributed by atoms with van der Waals surface area (Å²) in [7, 11) is 0. The van der Waals surface area contributed by atoms with Crippen LogP contribution in [0.3, 0.4) is 0 Å². The van der Waals surface area contributed by atoms with Crippen LogP contribution in [0.1, 0.15) is 0 Å². The summed E-state index contributed by atoms with van der Waals surface area (Å²) in [5.74, 6) is 0. The Balaban J connectivity index is 1.15. The van der Waals surface area contributed by atoms with Gasteiger partial charge in [0.25, 0.3) is 0 Å². The van der Waals surface area contributed by atoms with Crippen molar-refractivity contribution < 1.29 is 0 Å².